The quantitative estimate of drug-likeness (QED) is 0.782. The third-order valence-electron chi connectivity index (χ3n) is 3.33. The zero-order valence-corrected chi connectivity index (χ0v) is 14.0. The van der Waals surface area contributed by atoms with E-state index in [-0.39, 0.29) is 11.9 Å². The van der Waals surface area contributed by atoms with Gasteiger partial charge in [0.25, 0.3) is 0 Å². The summed E-state index contributed by atoms with van der Waals surface area (Å²) in [5, 5.41) is 3.37. The van der Waals surface area contributed by atoms with Gasteiger partial charge in [-0.05, 0) is 49.7 Å². The maximum Gasteiger partial charge on any atom is 0.133 e. The van der Waals surface area contributed by atoms with E-state index < -0.39 is 0 Å². The van der Waals surface area contributed by atoms with Gasteiger partial charge in [-0.3, -0.25) is 0 Å². The van der Waals surface area contributed by atoms with E-state index in [9.17, 15) is 4.39 Å². The Morgan fingerprint density at radius 1 is 1.24 bits per heavy atom. The molecule has 0 spiro atoms. The van der Waals surface area contributed by atoms with E-state index in [4.69, 9.17) is 4.74 Å². The fourth-order valence-corrected chi connectivity index (χ4v) is 2.85. The summed E-state index contributed by atoms with van der Waals surface area (Å²) in [5.74, 6) is 0.921. The van der Waals surface area contributed by atoms with Crippen molar-refractivity contribution >= 4 is 15.9 Å². The van der Waals surface area contributed by atoms with Gasteiger partial charge in [0, 0.05) is 16.6 Å². The molecule has 0 radical (unpaired) electrons. The predicted molar refractivity (Wildman–Crippen MR) is 87.4 cm³/mol. The number of nitrogens with one attached hydrogen (secondary N) is 1. The lowest BCUT2D eigenvalue weighted by Crippen LogP contribution is -2.17. The second kappa shape index (κ2) is 7.05. The van der Waals surface area contributed by atoms with Crippen molar-refractivity contribution in [3.05, 3.63) is 57.8 Å². The van der Waals surface area contributed by atoms with E-state index in [1.807, 2.05) is 25.1 Å². The maximum atomic E-state index is 13.3. The van der Waals surface area contributed by atoms with Crippen LogP contribution in [-0.2, 0) is 0 Å². The van der Waals surface area contributed by atoms with Crippen molar-refractivity contribution in [2.24, 2.45) is 0 Å². The largest absolute Gasteiger partial charge is 0.457 e. The van der Waals surface area contributed by atoms with E-state index in [0.29, 0.717) is 11.5 Å². The van der Waals surface area contributed by atoms with E-state index in [0.717, 1.165) is 16.6 Å². The molecule has 0 heterocycles. The smallest absolute Gasteiger partial charge is 0.133 e. The minimum absolute atomic E-state index is 0.259. The first-order valence-electron chi connectivity index (χ1n) is 6.98. The van der Waals surface area contributed by atoms with Crippen LogP contribution in [0.25, 0.3) is 0 Å². The Morgan fingerprint density at radius 3 is 2.67 bits per heavy atom. The van der Waals surface area contributed by atoms with Crippen molar-refractivity contribution in [2.45, 2.75) is 26.8 Å². The van der Waals surface area contributed by atoms with Gasteiger partial charge in [0.1, 0.15) is 17.3 Å². The highest BCUT2D eigenvalue weighted by Crippen LogP contribution is 2.31. The molecular formula is C17H19BrFNO. The molecule has 0 aromatic heterocycles. The van der Waals surface area contributed by atoms with Gasteiger partial charge in [-0.1, -0.05) is 35.0 Å². The molecule has 21 heavy (non-hydrogen) atoms. The highest BCUT2D eigenvalue weighted by atomic mass is 79.9. The van der Waals surface area contributed by atoms with E-state index >= 15 is 0 Å². The Kier molecular flexibility index (Phi) is 5.37. The zero-order chi connectivity index (χ0) is 15.4. The lowest BCUT2D eigenvalue weighted by atomic mass is 10.1. The first-order chi connectivity index (χ1) is 10.0. The normalized spacial score (nSPS) is 12.2. The molecule has 0 saturated carbocycles. The SMILES string of the molecule is CCNC(C)c1ccc(Oc2cc(F)ccc2C)cc1Br. The number of benzene rings is 2. The van der Waals surface area contributed by atoms with Crippen LogP contribution in [0.3, 0.4) is 0 Å². The van der Waals surface area contributed by atoms with Crippen LogP contribution in [0.2, 0.25) is 0 Å². The van der Waals surface area contributed by atoms with Crippen molar-refractivity contribution in [3.8, 4) is 11.5 Å². The fraction of sp³-hybridized carbons (Fsp3) is 0.294. The van der Waals surface area contributed by atoms with Crippen LogP contribution in [0, 0.1) is 12.7 Å². The monoisotopic (exact) mass is 351 g/mol. The Morgan fingerprint density at radius 2 is 2.00 bits per heavy atom. The third-order valence-corrected chi connectivity index (χ3v) is 4.01. The first kappa shape index (κ1) is 16.0. The first-order valence-corrected chi connectivity index (χ1v) is 7.77. The van der Waals surface area contributed by atoms with Crippen molar-refractivity contribution < 1.29 is 9.13 Å². The molecule has 4 heteroatoms. The molecule has 1 atom stereocenters. The summed E-state index contributed by atoms with van der Waals surface area (Å²) >= 11 is 3.57. The Bertz CT molecular complexity index is 630. The number of hydrogen-bond acceptors (Lipinski definition) is 2. The summed E-state index contributed by atoms with van der Waals surface area (Å²) in [4.78, 5) is 0. The third kappa shape index (κ3) is 4.05. The van der Waals surface area contributed by atoms with E-state index in [1.165, 1.54) is 17.7 Å². The van der Waals surface area contributed by atoms with Gasteiger partial charge < -0.3 is 10.1 Å². The number of aryl methyl sites for hydroxylation is 1. The highest BCUT2D eigenvalue weighted by molar-refractivity contribution is 9.10. The molecule has 0 aliphatic rings. The lowest BCUT2D eigenvalue weighted by Gasteiger charge is -2.16. The molecule has 1 N–H and O–H groups in total. The fourth-order valence-electron chi connectivity index (χ4n) is 2.15. The van der Waals surface area contributed by atoms with Gasteiger partial charge in [-0.25, -0.2) is 4.39 Å². The summed E-state index contributed by atoms with van der Waals surface area (Å²) in [5.41, 5.74) is 2.07. The maximum absolute atomic E-state index is 13.3. The summed E-state index contributed by atoms with van der Waals surface area (Å²) in [6.45, 7) is 7.00. The molecule has 112 valence electrons. The Hall–Kier alpha value is -1.39. The van der Waals surface area contributed by atoms with Crippen molar-refractivity contribution in [1.82, 2.24) is 5.32 Å². The second-order valence-corrected chi connectivity index (χ2v) is 5.83. The molecule has 2 nitrogen and oxygen atoms in total. The molecule has 0 fully saturated rings. The zero-order valence-electron chi connectivity index (χ0n) is 12.4. The molecule has 0 bridgehead atoms. The second-order valence-electron chi connectivity index (χ2n) is 4.97. The average Bonchev–Trinajstić information content (AvgIpc) is 2.43. The van der Waals surface area contributed by atoms with Crippen LogP contribution in [0.5, 0.6) is 11.5 Å². The molecule has 0 aliphatic carbocycles. The minimum atomic E-state index is -0.299. The standard InChI is InChI=1S/C17H19BrFNO/c1-4-20-12(3)15-8-7-14(10-16(15)18)21-17-9-13(19)6-5-11(17)2/h5-10,12,20H,4H2,1-3H3. The van der Waals surface area contributed by atoms with Gasteiger partial charge >= 0.3 is 0 Å². The van der Waals surface area contributed by atoms with E-state index in [1.54, 1.807) is 6.07 Å². The van der Waals surface area contributed by atoms with Crippen LogP contribution >= 0.6 is 15.9 Å². The molecule has 2 aromatic carbocycles. The minimum Gasteiger partial charge on any atom is -0.457 e. The van der Waals surface area contributed by atoms with Gasteiger partial charge in [0.05, 0.1) is 0 Å². The van der Waals surface area contributed by atoms with Crippen molar-refractivity contribution in [3.63, 3.8) is 0 Å². The van der Waals surface area contributed by atoms with Gasteiger partial charge in [-0.15, -0.1) is 0 Å². The van der Waals surface area contributed by atoms with Gasteiger partial charge in [0.2, 0.25) is 0 Å². The van der Waals surface area contributed by atoms with Crippen LogP contribution in [0.4, 0.5) is 4.39 Å². The number of ether oxygens (including phenoxy) is 1. The Labute approximate surface area is 133 Å². The number of halogens is 2. The molecule has 1 unspecified atom stereocenters. The summed E-state index contributed by atoms with van der Waals surface area (Å²) in [6, 6.07) is 10.6. The van der Waals surface area contributed by atoms with Gasteiger partial charge in [0.15, 0.2) is 0 Å². The molecule has 2 aromatic rings. The number of rotatable bonds is 5. The summed E-state index contributed by atoms with van der Waals surface area (Å²) < 4.78 is 20.0. The molecule has 2 rings (SSSR count). The van der Waals surface area contributed by atoms with Crippen LogP contribution < -0.4 is 10.1 Å². The Balaban J connectivity index is 2.22. The van der Waals surface area contributed by atoms with E-state index in [2.05, 4.69) is 35.1 Å². The number of hydrogen-bond donors (Lipinski definition) is 1. The molecule has 0 aliphatic heterocycles. The van der Waals surface area contributed by atoms with Crippen molar-refractivity contribution in [2.75, 3.05) is 6.54 Å². The molecular weight excluding hydrogens is 333 g/mol. The molecule has 0 amide bonds. The lowest BCUT2D eigenvalue weighted by molar-refractivity contribution is 0.472. The van der Waals surface area contributed by atoms with Crippen LogP contribution in [0.15, 0.2) is 40.9 Å². The average molecular weight is 352 g/mol. The predicted octanol–water partition coefficient (Wildman–Crippen LogP) is 5.36. The summed E-state index contributed by atoms with van der Waals surface area (Å²) in [7, 11) is 0. The van der Waals surface area contributed by atoms with Crippen LogP contribution in [0.1, 0.15) is 31.0 Å². The molecule has 0 saturated heterocycles. The highest BCUT2D eigenvalue weighted by Gasteiger charge is 2.10. The summed E-state index contributed by atoms with van der Waals surface area (Å²) in [6.07, 6.45) is 0. The topological polar surface area (TPSA) is 21.3 Å². The van der Waals surface area contributed by atoms with Crippen LogP contribution in [-0.4, -0.2) is 6.54 Å². The van der Waals surface area contributed by atoms with Crippen molar-refractivity contribution in [1.29, 1.82) is 0 Å². The van der Waals surface area contributed by atoms with Gasteiger partial charge in [-0.2, -0.15) is 0 Å².